The topological polar surface area (TPSA) is 91.4 Å². The van der Waals surface area contributed by atoms with Gasteiger partial charge in [-0.3, -0.25) is 9.59 Å². The highest BCUT2D eigenvalue weighted by Gasteiger charge is 2.44. The number of aryl methyl sites for hydroxylation is 1. The van der Waals surface area contributed by atoms with Crippen molar-refractivity contribution in [2.75, 3.05) is 39.4 Å². The quantitative estimate of drug-likeness (QED) is 0.313. The summed E-state index contributed by atoms with van der Waals surface area (Å²) in [6, 6.07) is 10.1. The monoisotopic (exact) mass is 478 g/mol. The number of hydrogen-bond donors (Lipinski definition) is 1. The Balaban J connectivity index is 1.55. The minimum absolute atomic E-state index is 0.159. The number of fused-ring (bicyclic) bond motifs is 1. The van der Waals surface area contributed by atoms with Crippen LogP contribution >= 0.6 is 0 Å². The van der Waals surface area contributed by atoms with Gasteiger partial charge >= 0.3 is 0 Å². The summed E-state index contributed by atoms with van der Waals surface area (Å²) in [4.78, 5) is 33.6. The number of Topliss-reactive ketones (excluding diaryl/α,β-unsaturated/α-hetero) is 1. The number of morpholine rings is 1. The average Bonchev–Trinajstić information content (AvgIpc) is 3.32. The molecule has 2 fully saturated rings. The molecule has 1 N–H and O–H groups in total. The number of rotatable bonds is 6. The van der Waals surface area contributed by atoms with Crippen molar-refractivity contribution in [1.82, 2.24) is 14.3 Å². The summed E-state index contributed by atoms with van der Waals surface area (Å²) in [5.41, 5.74) is 1.50. The van der Waals surface area contributed by atoms with E-state index in [-0.39, 0.29) is 11.3 Å². The van der Waals surface area contributed by atoms with E-state index in [1.54, 1.807) is 41.8 Å². The molecule has 0 radical (unpaired) electrons. The number of imidazole rings is 1. The number of likely N-dealkylation sites (tertiary alicyclic amines) is 1. The van der Waals surface area contributed by atoms with E-state index in [0.29, 0.717) is 43.1 Å². The third-order valence-corrected chi connectivity index (χ3v) is 6.74. The fourth-order valence-corrected chi connectivity index (χ4v) is 5.05. The highest BCUT2D eigenvalue weighted by molar-refractivity contribution is 6.46. The Morgan fingerprint density at radius 1 is 1.20 bits per heavy atom. The molecule has 0 spiro atoms. The molecule has 2 aliphatic rings. The van der Waals surface area contributed by atoms with Crippen molar-refractivity contribution < 1.29 is 28.7 Å². The van der Waals surface area contributed by atoms with Crippen LogP contribution < -0.4 is 10.0 Å². The summed E-state index contributed by atoms with van der Waals surface area (Å²) >= 11 is 0. The molecule has 1 aromatic carbocycles. The van der Waals surface area contributed by atoms with Crippen LogP contribution in [-0.4, -0.2) is 65.4 Å². The zero-order valence-electron chi connectivity index (χ0n) is 19.5. The Kier molecular flexibility index (Phi) is 6.36. The molecule has 2 aromatic heterocycles. The Morgan fingerprint density at radius 2 is 2.00 bits per heavy atom. The Bertz CT molecular complexity index is 1310. The van der Waals surface area contributed by atoms with Crippen molar-refractivity contribution in [3.63, 3.8) is 0 Å². The molecule has 182 valence electrons. The number of quaternary nitrogens is 1. The van der Waals surface area contributed by atoms with Gasteiger partial charge in [-0.15, -0.1) is 0 Å². The number of ether oxygens (including phenoxy) is 1. The third-order valence-electron chi connectivity index (χ3n) is 6.74. The second-order valence-corrected chi connectivity index (χ2v) is 8.97. The van der Waals surface area contributed by atoms with Crippen LogP contribution in [0.2, 0.25) is 0 Å². The zero-order valence-corrected chi connectivity index (χ0v) is 19.5. The van der Waals surface area contributed by atoms with Crippen molar-refractivity contribution >= 4 is 23.1 Å². The molecule has 0 bridgehead atoms. The lowest BCUT2D eigenvalue weighted by atomic mass is 9.96. The van der Waals surface area contributed by atoms with Crippen LogP contribution in [0.4, 0.5) is 4.39 Å². The largest absolute Gasteiger partial charge is 0.871 e. The van der Waals surface area contributed by atoms with Gasteiger partial charge in [-0.05, 0) is 36.8 Å². The average molecular weight is 479 g/mol. The summed E-state index contributed by atoms with van der Waals surface area (Å²) in [5, 5.41) is 13.8. The van der Waals surface area contributed by atoms with Crippen LogP contribution in [0.1, 0.15) is 29.4 Å². The number of carbonyl (C=O) groups is 2. The van der Waals surface area contributed by atoms with Crippen molar-refractivity contribution in [3.8, 4) is 0 Å². The molecule has 0 aliphatic carbocycles. The van der Waals surface area contributed by atoms with Gasteiger partial charge in [0.25, 0.3) is 5.91 Å². The van der Waals surface area contributed by atoms with Gasteiger partial charge in [0, 0.05) is 24.7 Å². The number of pyridine rings is 1. The normalized spacial score (nSPS) is 20.7. The van der Waals surface area contributed by atoms with Crippen molar-refractivity contribution in [2.24, 2.45) is 0 Å². The lowest BCUT2D eigenvalue weighted by Crippen LogP contribution is -3.14. The van der Waals surface area contributed by atoms with E-state index < -0.39 is 29.3 Å². The molecule has 2 saturated heterocycles. The first kappa shape index (κ1) is 23.2. The molecule has 35 heavy (non-hydrogen) atoms. The summed E-state index contributed by atoms with van der Waals surface area (Å²) in [6.07, 6.45) is 2.35. The molecular weight excluding hydrogens is 451 g/mol. The Labute approximate surface area is 202 Å². The van der Waals surface area contributed by atoms with Gasteiger partial charge in [0.15, 0.2) is 0 Å². The van der Waals surface area contributed by atoms with E-state index in [1.807, 2.05) is 0 Å². The highest BCUT2D eigenvalue weighted by atomic mass is 19.1. The van der Waals surface area contributed by atoms with Crippen molar-refractivity contribution in [1.29, 1.82) is 0 Å². The smallest absolute Gasteiger partial charge is 0.295 e. The molecule has 2 aliphatic heterocycles. The number of ketones is 1. The summed E-state index contributed by atoms with van der Waals surface area (Å²) in [6.45, 7) is 5.99. The van der Waals surface area contributed by atoms with Gasteiger partial charge in [-0.2, -0.15) is 0 Å². The Hall–Kier alpha value is -3.56. The van der Waals surface area contributed by atoms with E-state index in [2.05, 4.69) is 4.98 Å². The summed E-state index contributed by atoms with van der Waals surface area (Å²) in [7, 11) is 0. The van der Waals surface area contributed by atoms with Gasteiger partial charge in [0.1, 0.15) is 24.6 Å². The molecule has 9 heteroatoms. The number of aromatic nitrogens is 2. The predicted molar refractivity (Wildman–Crippen MR) is 124 cm³/mol. The second kappa shape index (κ2) is 9.59. The van der Waals surface area contributed by atoms with E-state index in [9.17, 15) is 19.1 Å². The summed E-state index contributed by atoms with van der Waals surface area (Å²) < 4.78 is 21.2. The van der Waals surface area contributed by atoms with Gasteiger partial charge in [-0.1, -0.05) is 24.0 Å². The minimum atomic E-state index is -0.952. The minimum Gasteiger partial charge on any atom is -0.871 e. The SMILES string of the molecule is Cc1nc2ccccn2c1C([O-])=C1C(=O)C(=O)N(CCC[NH+]2CCOCC2)C1c1cccc(F)c1. The number of halogens is 1. The first-order chi connectivity index (χ1) is 17.0. The fourth-order valence-electron chi connectivity index (χ4n) is 5.05. The van der Waals surface area contributed by atoms with Crippen LogP contribution in [0.15, 0.2) is 54.2 Å². The molecule has 4 heterocycles. The number of nitrogens with one attached hydrogen (secondary N) is 1. The van der Waals surface area contributed by atoms with E-state index in [4.69, 9.17) is 4.74 Å². The molecule has 5 rings (SSSR count). The number of nitrogens with zero attached hydrogens (tertiary/aromatic N) is 3. The van der Waals surface area contributed by atoms with Gasteiger partial charge in [0.05, 0.1) is 37.2 Å². The molecule has 1 atom stereocenters. The van der Waals surface area contributed by atoms with Crippen LogP contribution in [0.25, 0.3) is 11.4 Å². The maximum Gasteiger partial charge on any atom is 0.295 e. The lowest BCUT2D eigenvalue weighted by molar-refractivity contribution is -0.908. The molecule has 8 nitrogen and oxygen atoms in total. The molecular formula is C26H27FN4O4. The van der Waals surface area contributed by atoms with Crippen LogP contribution in [0.5, 0.6) is 0 Å². The Morgan fingerprint density at radius 3 is 2.77 bits per heavy atom. The van der Waals surface area contributed by atoms with Crippen LogP contribution in [0, 0.1) is 12.7 Å². The second-order valence-electron chi connectivity index (χ2n) is 8.97. The van der Waals surface area contributed by atoms with Gasteiger partial charge in [-0.25, -0.2) is 9.37 Å². The van der Waals surface area contributed by atoms with Crippen LogP contribution in [0.3, 0.4) is 0 Å². The van der Waals surface area contributed by atoms with Crippen LogP contribution in [-0.2, 0) is 14.3 Å². The number of amides is 1. The van der Waals surface area contributed by atoms with Gasteiger partial charge in [0.2, 0.25) is 5.78 Å². The van der Waals surface area contributed by atoms with Crippen molar-refractivity contribution in [2.45, 2.75) is 19.4 Å². The molecule has 3 aromatic rings. The third kappa shape index (κ3) is 4.33. The van der Waals surface area contributed by atoms with E-state index in [0.717, 1.165) is 19.6 Å². The standard InChI is InChI=1S/C26H27FN4O4/c1-17-22(30-10-3-2-8-20(30)28-17)24(32)21-23(18-6-4-7-19(27)16-18)31(26(34)25(21)33)11-5-9-29-12-14-35-15-13-29/h2-4,6-8,10,16,23,32H,5,9,11-15H2,1H3. The van der Waals surface area contributed by atoms with Gasteiger partial charge < -0.3 is 24.0 Å². The maximum absolute atomic E-state index is 14.2. The van der Waals surface area contributed by atoms with Crippen molar-refractivity contribution in [3.05, 3.63) is 77.0 Å². The fraction of sp³-hybridized carbons (Fsp3) is 0.346. The molecule has 1 unspecified atom stereocenters. The lowest BCUT2D eigenvalue weighted by Gasteiger charge is -2.29. The molecule has 1 amide bonds. The number of hydrogen-bond acceptors (Lipinski definition) is 5. The first-order valence-corrected chi connectivity index (χ1v) is 11.8. The first-order valence-electron chi connectivity index (χ1n) is 11.8. The summed E-state index contributed by atoms with van der Waals surface area (Å²) in [5.74, 6) is -2.63. The predicted octanol–water partition coefficient (Wildman–Crippen LogP) is 0.311. The number of benzene rings is 1. The maximum atomic E-state index is 14.2. The van der Waals surface area contributed by atoms with E-state index >= 15 is 0 Å². The zero-order chi connectivity index (χ0) is 24.5. The highest BCUT2D eigenvalue weighted by Crippen LogP contribution is 2.39. The molecule has 0 saturated carbocycles. The van der Waals surface area contributed by atoms with E-state index in [1.165, 1.54) is 28.0 Å². The number of carbonyl (C=O) groups excluding carboxylic acids is 2.